The maximum Gasteiger partial charge on any atom is 0.321 e. The van der Waals surface area contributed by atoms with Crippen LogP contribution in [0.2, 0.25) is 0 Å². The summed E-state index contributed by atoms with van der Waals surface area (Å²) < 4.78 is 1.63. The van der Waals surface area contributed by atoms with Gasteiger partial charge in [-0.2, -0.15) is 5.43 Å². The summed E-state index contributed by atoms with van der Waals surface area (Å²) in [6, 6.07) is 0.843. The molecule has 2 rings (SSSR count). The molecule has 19 heavy (non-hydrogen) atoms. The van der Waals surface area contributed by atoms with Crippen molar-refractivity contribution in [1.29, 1.82) is 0 Å². The van der Waals surface area contributed by atoms with Crippen molar-refractivity contribution in [3.05, 3.63) is 42.8 Å². The molecule has 2 heterocycles. The smallest absolute Gasteiger partial charge is 0.321 e. The minimum absolute atomic E-state index is 0.234. The average molecular weight is 260 g/mol. The molecule has 7 nitrogen and oxygen atoms in total. The number of nitrogens with two attached hydrogens (primary N) is 1. The quantitative estimate of drug-likeness (QED) is 0.644. The van der Waals surface area contributed by atoms with Crippen LogP contribution in [-0.4, -0.2) is 38.0 Å². The number of carboxylic acid groups (broad SMARTS) is 1. The molecule has 0 aliphatic carbocycles. The minimum Gasteiger partial charge on any atom is -0.480 e. The van der Waals surface area contributed by atoms with Gasteiger partial charge in [0.2, 0.25) is 0 Å². The average Bonchev–Trinajstić information content (AvgIpc) is 2.46. The zero-order valence-corrected chi connectivity index (χ0v) is 10.1. The van der Waals surface area contributed by atoms with Crippen LogP contribution in [0.1, 0.15) is 12.2 Å². The summed E-state index contributed by atoms with van der Waals surface area (Å²) in [5.74, 6) is -0.403. The molecule has 0 bridgehead atoms. The summed E-state index contributed by atoms with van der Waals surface area (Å²) in [6.07, 6.45) is 10.5. The van der Waals surface area contributed by atoms with Crippen molar-refractivity contribution < 1.29 is 14.6 Å². The number of nitrogens with one attached hydrogen (secondary N) is 1. The van der Waals surface area contributed by atoms with Gasteiger partial charge in [-0.15, -0.1) is 0 Å². The Morgan fingerprint density at radius 2 is 2.26 bits per heavy atom. The van der Waals surface area contributed by atoms with Crippen molar-refractivity contribution in [3.63, 3.8) is 0 Å². The number of rotatable bonds is 4. The normalized spacial score (nSPS) is 17.7. The molecule has 0 fully saturated rings. The Morgan fingerprint density at radius 1 is 1.53 bits per heavy atom. The van der Waals surface area contributed by atoms with Gasteiger partial charge in [0, 0.05) is 24.0 Å². The Morgan fingerprint density at radius 3 is 2.84 bits per heavy atom. The zero-order valence-electron chi connectivity index (χ0n) is 10.1. The van der Waals surface area contributed by atoms with Crippen LogP contribution in [0.3, 0.4) is 0 Å². The minimum atomic E-state index is -1.02. The van der Waals surface area contributed by atoms with E-state index in [1.807, 2.05) is 6.08 Å². The molecule has 0 saturated carbocycles. The van der Waals surface area contributed by atoms with Crippen LogP contribution in [0.4, 0.5) is 0 Å². The molecule has 4 N–H and O–H groups in total. The lowest BCUT2D eigenvalue weighted by molar-refractivity contribution is -0.508. The topological polar surface area (TPSA) is 104 Å². The molecule has 1 atom stereocenters. The molecule has 98 valence electrons. The summed E-state index contributed by atoms with van der Waals surface area (Å²) in [5, 5.41) is 8.67. The van der Waals surface area contributed by atoms with Gasteiger partial charge in [-0.25, -0.2) is 9.97 Å². The number of allylic oxidation sites excluding steroid dienone is 2. The molecule has 1 aromatic heterocycles. The van der Waals surface area contributed by atoms with Gasteiger partial charge in [-0.3, -0.25) is 4.79 Å². The molecule has 0 amide bonds. The lowest BCUT2D eigenvalue weighted by atomic mass is 10.2. The fourth-order valence-electron chi connectivity index (χ4n) is 1.42. The number of carbonyl (C=O) groups is 1. The van der Waals surface area contributed by atoms with Gasteiger partial charge in [0.1, 0.15) is 6.04 Å². The largest absolute Gasteiger partial charge is 0.480 e. The lowest BCUT2D eigenvalue weighted by Gasteiger charge is -2.06. The van der Waals surface area contributed by atoms with Gasteiger partial charge in [0.05, 0.1) is 12.6 Å². The molecule has 1 aliphatic heterocycles. The highest BCUT2D eigenvalue weighted by Gasteiger charge is 2.14. The van der Waals surface area contributed by atoms with E-state index in [1.165, 1.54) is 0 Å². The van der Waals surface area contributed by atoms with E-state index in [9.17, 15) is 4.79 Å². The summed E-state index contributed by atoms with van der Waals surface area (Å²) in [4.78, 5) is 18.8. The second kappa shape index (κ2) is 5.87. The third kappa shape index (κ3) is 3.46. The fourth-order valence-corrected chi connectivity index (χ4v) is 1.42. The first-order valence-electron chi connectivity index (χ1n) is 5.69. The first-order chi connectivity index (χ1) is 9.16. The highest BCUT2D eigenvalue weighted by Crippen LogP contribution is 2.11. The van der Waals surface area contributed by atoms with E-state index in [2.05, 4.69) is 15.4 Å². The Labute approximate surface area is 109 Å². The number of aliphatic carboxylic acids is 1. The van der Waals surface area contributed by atoms with Crippen LogP contribution in [-0.2, 0) is 4.79 Å². The monoisotopic (exact) mass is 260 g/mol. The van der Waals surface area contributed by atoms with Gasteiger partial charge in [0.25, 0.3) is 0 Å². The van der Waals surface area contributed by atoms with Crippen molar-refractivity contribution >= 4 is 17.8 Å². The molecule has 0 radical (unpaired) electrons. The van der Waals surface area contributed by atoms with Crippen LogP contribution in [0.5, 0.6) is 0 Å². The Hall–Kier alpha value is -2.54. The van der Waals surface area contributed by atoms with E-state index in [1.54, 1.807) is 41.8 Å². The highest BCUT2D eigenvalue weighted by atomic mass is 16.4. The second-order valence-electron chi connectivity index (χ2n) is 3.89. The van der Waals surface area contributed by atoms with Crippen LogP contribution in [0.25, 0.3) is 5.57 Å². The summed E-state index contributed by atoms with van der Waals surface area (Å²) in [5.41, 5.74) is 9.21. The number of hydrazone groups is 1. The standard InChI is InChI=1S/C12H13N5O2/c13-10(12(18)19)3-7-17-6-2-9(8-16-17)11-14-4-1-5-15-11/h1-2,4-8,10H,3,13H2,(H-,14,15,16,18,19)/p+1/t10-/m1/s1. The van der Waals surface area contributed by atoms with Crippen LogP contribution in [0.15, 0.2) is 36.9 Å². The molecule has 0 saturated heterocycles. The van der Waals surface area contributed by atoms with Gasteiger partial charge in [0.15, 0.2) is 18.2 Å². The van der Waals surface area contributed by atoms with Crippen LogP contribution >= 0.6 is 0 Å². The first kappa shape index (κ1) is 12.9. The molecule has 7 heteroatoms. The van der Waals surface area contributed by atoms with Gasteiger partial charge >= 0.3 is 5.97 Å². The Kier molecular flexibility index (Phi) is 3.99. The number of hydrazine groups is 1. The molecule has 1 aromatic rings. The number of aromatic nitrogens is 2. The summed E-state index contributed by atoms with van der Waals surface area (Å²) >= 11 is 0. The van der Waals surface area contributed by atoms with Gasteiger partial charge in [-0.1, -0.05) is 4.68 Å². The summed E-state index contributed by atoms with van der Waals surface area (Å²) in [7, 11) is 0. The first-order valence-corrected chi connectivity index (χ1v) is 5.69. The number of nitrogens with zero attached hydrogens (tertiary/aromatic N) is 3. The van der Waals surface area contributed by atoms with E-state index < -0.39 is 12.0 Å². The van der Waals surface area contributed by atoms with Crippen molar-refractivity contribution in [2.24, 2.45) is 5.73 Å². The molecular weight excluding hydrogens is 246 g/mol. The molecule has 1 aliphatic rings. The molecule has 0 unspecified atom stereocenters. The number of hydrogen-bond acceptors (Lipinski definition) is 5. The van der Waals surface area contributed by atoms with E-state index in [0.29, 0.717) is 5.82 Å². The van der Waals surface area contributed by atoms with Crippen molar-refractivity contribution in [1.82, 2.24) is 15.4 Å². The summed E-state index contributed by atoms with van der Waals surface area (Å²) in [6.45, 7) is 0. The Balaban J connectivity index is 1.99. The zero-order chi connectivity index (χ0) is 13.7. The van der Waals surface area contributed by atoms with Crippen molar-refractivity contribution in [3.8, 4) is 0 Å². The van der Waals surface area contributed by atoms with E-state index >= 15 is 0 Å². The third-order valence-corrected chi connectivity index (χ3v) is 2.48. The number of carboxylic acids is 1. The predicted octanol–water partition coefficient (Wildman–Crippen LogP) is -0.265. The van der Waals surface area contributed by atoms with E-state index in [0.717, 1.165) is 5.57 Å². The maximum absolute atomic E-state index is 10.6. The lowest BCUT2D eigenvalue weighted by Crippen LogP contribution is -2.32. The van der Waals surface area contributed by atoms with E-state index in [4.69, 9.17) is 10.8 Å². The highest BCUT2D eigenvalue weighted by molar-refractivity contribution is 5.77. The van der Waals surface area contributed by atoms with Crippen molar-refractivity contribution in [2.75, 3.05) is 0 Å². The van der Waals surface area contributed by atoms with Gasteiger partial charge < -0.3 is 10.8 Å². The molecule has 0 spiro atoms. The third-order valence-electron chi connectivity index (χ3n) is 2.48. The maximum atomic E-state index is 10.6. The van der Waals surface area contributed by atoms with Crippen molar-refractivity contribution in [2.45, 2.75) is 12.5 Å². The molecule has 0 aromatic carbocycles. The van der Waals surface area contributed by atoms with Crippen LogP contribution < -0.4 is 11.2 Å². The fraction of sp³-hybridized carbons (Fsp3) is 0.167. The SMILES string of the molecule is N[C@H](CC=[N+]1C=CC(c2ncccn2)=CN1)C(=O)O. The molecular formula is C12H14N5O2+. The van der Waals surface area contributed by atoms with Gasteiger partial charge in [-0.05, 0) is 6.07 Å². The van der Waals surface area contributed by atoms with Crippen LogP contribution in [0, 0.1) is 0 Å². The number of hydrogen-bond donors (Lipinski definition) is 3. The second-order valence-corrected chi connectivity index (χ2v) is 3.89. The van der Waals surface area contributed by atoms with E-state index in [-0.39, 0.29) is 6.42 Å². The Bertz CT molecular complexity index is 550. The predicted molar refractivity (Wildman–Crippen MR) is 68.8 cm³/mol.